The van der Waals surface area contributed by atoms with Gasteiger partial charge in [0.05, 0.1) is 18.9 Å². The third-order valence-corrected chi connectivity index (χ3v) is 4.93. The highest BCUT2D eigenvalue weighted by molar-refractivity contribution is 5.87. The van der Waals surface area contributed by atoms with E-state index in [9.17, 15) is 9.59 Å². The predicted molar refractivity (Wildman–Crippen MR) is 56.6 cm³/mol. The normalized spacial score (nSPS) is 39.6. The lowest BCUT2D eigenvalue weighted by Gasteiger charge is -2.35. The number of methoxy groups -OCH3 is 1. The standard InChI is InChI=1S/C12H18O4/c1-10(2)11(3)5-6-12(10,9(14)16-11)7-8(13)15-4/h5-7H2,1-4H3/t11-,12+/m0/s1. The van der Waals surface area contributed by atoms with Crippen LogP contribution in [0, 0.1) is 10.8 Å². The van der Waals surface area contributed by atoms with E-state index in [0.29, 0.717) is 6.42 Å². The van der Waals surface area contributed by atoms with Crippen molar-refractivity contribution in [2.45, 2.75) is 45.6 Å². The molecule has 4 nitrogen and oxygen atoms in total. The summed E-state index contributed by atoms with van der Waals surface area (Å²) >= 11 is 0. The van der Waals surface area contributed by atoms with Gasteiger partial charge in [-0.3, -0.25) is 9.59 Å². The van der Waals surface area contributed by atoms with E-state index < -0.39 is 11.0 Å². The Hall–Kier alpha value is -1.06. The van der Waals surface area contributed by atoms with Gasteiger partial charge in [0.2, 0.25) is 0 Å². The molecular formula is C12H18O4. The van der Waals surface area contributed by atoms with Gasteiger partial charge in [0.15, 0.2) is 0 Å². The molecule has 2 aliphatic rings. The van der Waals surface area contributed by atoms with Crippen molar-refractivity contribution in [1.82, 2.24) is 0 Å². The van der Waals surface area contributed by atoms with E-state index in [1.54, 1.807) is 0 Å². The molecule has 0 amide bonds. The second kappa shape index (κ2) is 2.99. The first kappa shape index (κ1) is 11.4. The van der Waals surface area contributed by atoms with Crippen molar-refractivity contribution in [3.63, 3.8) is 0 Å². The molecule has 1 aliphatic heterocycles. The van der Waals surface area contributed by atoms with Crippen LogP contribution in [0.2, 0.25) is 0 Å². The molecule has 0 radical (unpaired) electrons. The quantitative estimate of drug-likeness (QED) is 0.672. The first-order valence-electron chi connectivity index (χ1n) is 5.59. The van der Waals surface area contributed by atoms with Crippen LogP contribution >= 0.6 is 0 Å². The van der Waals surface area contributed by atoms with Gasteiger partial charge < -0.3 is 9.47 Å². The van der Waals surface area contributed by atoms with E-state index in [1.165, 1.54) is 7.11 Å². The topological polar surface area (TPSA) is 52.6 Å². The summed E-state index contributed by atoms with van der Waals surface area (Å²) in [6, 6.07) is 0. The molecule has 2 rings (SSSR count). The Bertz CT molecular complexity index is 360. The maximum Gasteiger partial charge on any atom is 0.313 e. The Balaban J connectivity index is 2.39. The predicted octanol–water partition coefficient (Wildman–Crippen LogP) is 1.67. The summed E-state index contributed by atoms with van der Waals surface area (Å²) in [5, 5.41) is 0. The summed E-state index contributed by atoms with van der Waals surface area (Å²) in [5.41, 5.74) is -1.43. The van der Waals surface area contributed by atoms with E-state index in [1.807, 2.05) is 20.8 Å². The maximum atomic E-state index is 12.0. The highest BCUT2D eigenvalue weighted by Gasteiger charge is 2.73. The number of carbonyl (C=O) groups excluding carboxylic acids is 2. The van der Waals surface area contributed by atoms with Gasteiger partial charge in [-0.25, -0.2) is 0 Å². The largest absolute Gasteiger partial charge is 0.469 e. The Kier molecular flexibility index (Phi) is 2.14. The molecule has 1 aliphatic carbocycles. The van der Waals surface area contributed by atoms with Crippen LogP contribution < -0.4 is 0 Å². The van der Waals surface area contributed by atoms with Crippen LogP contribution in [-0.4, -0.2) is 24.6 Å². The van der Waals surface area contributed by atoms with Gasteiger partial charge >= 0.3 is 11.9 Å². The van der Waals surface area contributed by atoms with Crippen LogP contribution in [0.1, 0.15) is 40.0 Å². The number of hydrogen-bond acceptors (Lipinski definition) is 4. The average molecular weight is 226 g/mol. The van der Waals surface area contributed by atoms with Gasteiger partial charge in [0.1, 0.15) is 5.60 Å². The summed E-state index contributed by atoms with van der Waals surface area (Å²) < 4.78 is 10.2. The van der Waals surface area contributed by atoms with Crippen LogP contribution in [0.3, 0.4) is 0 Å². The number of hydrogen-bond donors (Lipinski definition) is 0. The molecular weight excluding hydrogens is 208 g/mol. The first-order chi connectivity index (χ1) is 7.29. The van der Waals surface area contributed by atoms with Gasteiger partial charge in [-0.1, -0.05) is 13.8 Å². The van der Waals surface area contributed by atoms with E-state index >= 15 is 0 Å². The SMILES string of the molecule is COC(=O)C[C@]12CC[C@](C)(OC1=O)C2(C)C. The summed E-state index contributed by atoms with van der Waals surface area (Å²) in [4.78, 5) is 23.5. The molecule has 0 spiro atoms. The molecule has 90 valence electrons. The lowest BCUT2D eigenvalue weighted by molar-refractivity contribution is -0.163. The Morgan fingerprint density at radius 2 is 2.00 bits per heavy atom. The zero-order chi connectivity index (χ0) is 12.2. The zero-order valence-corrected chi connectivity index (χ0v) is 10.3. The fraction of sp³-hybridized carbons (Fsp3) is 0.833. The molecule has 2 atom stereocenters. The van der Waals surface area contributed by atoms with E-state index in [4.69, 9.17) is 4.74 Å². The summed E-state index contributed by atoms with van der Waals surface area (Å²) in [6.45, 7) is 5.97. The Morgan fingerprint density at radius 3 is 2.38 bits per heavy atom. The fourth-order valence-corrected chi connectivity index (χ4v) is 3.12. The van der Waals surface area contributed by atoms with Crippen molar-refractivity contribution in [2.24, 2.45) is 10.8 Å². The number of rotatable bonds is 2. The highest BCUT2D eigenvalue weighted by atomic mass is 16.6. The molecule has 16 heavy (non-hydrogen) atoms. The molecule has 0 unspecified atom stereocenters. The molecule has 0 aromatic carbocycles. The minimum atomic E-state index is -0.686. The van der Waals surface area contributed by atoms with E-state index in [2.05, 4.69) is 4.74 Å². The number of fused-ring (bicyclic) bond motifs is 2. The molecule has 2 fully saturated rings. The van der Waals surface area contributed by atoms with Gasteiger partial charge in [0, 0.05) is 5.41 Å². The molecule has 1 heterocycles. The van der Waals surface area contributed by atoms with E-state index in [-0.39, 0.29) is 23.8 Å². The lowest BCUT2D eigenvalue weighted by atomic mass is 9.64. The Morgan fingerprint density at radius 1 is 1.38 bits per heavy atom. The first-order valence-corrected chi connectivity index (χ1v) is 5.59. The molecule has 0 N–H and O–H groups in total. The van der Waals surface area contributed by atoms with Gasteiger partial charge in [-0.2, -0.15) is 0 Å². The molecule has 1 saturated carbocycles. The van der Waals surface area contributed by atoms with Crippen LogP contribution in [0.15, 0.2) is 0 Å². The van der Waals surface area contributed by atoms with Crippen LogP contribution in [-0.2, 0) is 19.1 Å². The second-order valence-corrected chi connectivity index (χ2v) is 5.58. The van der Waals surface area contributed by atoms with Gasteiger partial charge in [0.25, 0.3) is 0 Å². The lowest BCUT2D eigenvalue weighted by Crippen LogP contribution is -2.41. The van der Waals surface area contributed by atoms with Crippen LogP contribution in [0.25, 0.3) is 0 Å². The second-order valence-electron chi connectivity index (χ2n) is 5.58. The molecule has 1 saturated heterocycles. The van der Waals surface area contributed by atoms with Crippen molar-refractivity contribution in [3.8, 4) is 0 Å². The van der Waals surface area contributed by atoms with E-state index in [0.717, 1.165) is 6.42 Å². The zero-order valence-electron chi connectivity index (χ0n) is 10.3. The van der Waals surface area contributed by atoms with Gasteiger partial charge in [-0.05, 0) is 19.8 Å². The average Bonchev–Trinajstić information content (AvgIpc) is 2.46. The molecule has 0 aromatic rings. The van der Waals surface area contributed by atoms with Crippen molar-refractivity contribution in [1.29, 1.82) is 0 Å². The van der Waals surface area contributed by atoms with Gasteiger partial charge in [-0.15, -0.1) is 0 Å². The summed E-state index contributed by atoms with van der Waals surface area (Å²) in [5.74, 6) is -0.576. The van der Waals surface area contributed by atoms with Crippen molar-refractivity contribution >= 4 is 11.9 Å². The minimum absolute atomic E-state index is 0.130. The van der Waals surface area contributed by atoms with Crippen LogP contribution in [0.5, 0.6) is 0 Å². The monoisotopic (exact) mass is 226 g/mol. The third kappa shape index (κ3) is 1.05. The molecule has 2 bridgehead atoms. The number of ether oxygens (including phenoxy) is 2. The number of carbonyl (C=O) groups is 2. The fourth-order valence-electron chi connectivity index (χ4n) is 3.12. The Labute approximate surface area is 95.3 Å². The maximum absolute atomic E-state index is 12.0. The minimum Gasteiger partial charge on any atom is -0.469 e. The summed E-state index contributed by atoms with van der Waals surface area (Å²) in [7, 11) is 1.35. The van der Waals surface area contributed by atoms with Crippen molar-refractivity contribution < 1.29 is 19.1 Å². The molecule has 4 heteroatoms. The molecule has 0 aromatic heterocycles. The summed E-state index contributed by atoms with van der Waals surface area (Å²) in [6.07, 6.45) is 1.66. The highest BCUT2D eigenvalue weighted by Crippen LogP contribution is 2.66. The smallest absolute Gasteiger partial charge is 0.313 e. The van der Waals surface area contributed by atoms with Crippen molar-refractivity contribution in [3.05, 3.63) is 0 Å². The van der Waals surface area contributed by atoms with Crippen molar-refractivity contribution in [2.75, 3.05) is 7.11 Å². The third-order valence-electron chi connectivity index (χ3n) is 4.93. The van der Waals surface area contributed by atoms with Crippen LogP contribution in [0.4, 0.5) is 0 Å². The number of esters is 2.